The molecule has 1 saturated carbocycles. The standard InChI is InChI=1S/C11H21NO5S/c1-9(2)17-6-7-18(15,16)12-8-11(10(13)14)4-3-5-11/h9,12H,3-8H2,1-2H3,(H,13,14). The van der Waals surface area contributed by atoms with Gasteiger partial charge < -0.3 is 9.84 Å². The van der Waals surface area contributed by atoms with Gasteiger partial charge in [-0.05, 0) is 26.7 Å². The maximum Gasteiger partial charge on any atom is 0.310 e. The summed E-state index contributed by atoms with van der Waals surface area (Å²) in [5, 5.41) is 9.07. The molecule has 0 amide bonds. The van der Waals surface area contributed by atoms with Crippen LogP contribution in [-0.2, 0) is 19.6 Å². The molecule has 2 N–H and O–H groups in total. The second kappa shape index (κ2) is 5.99. The normalized spacial score (nSPS) is 18.6. The monoisotopic (exact) mass is 279 g/mol. The van der Waals surface area contributed by atoms with Gasteiger partial charge in [-0.15, -0.1) is 0 Å². The minimum atomic E-state index is -3.46. The van der Waals surface area contributed by atoms with Crippen molar-refractivity contribution >= 4 is 16.0 Å². The first-order valence-electron chi connectivity index (χ1n) is 6.10. The number of sulfonamides is 1. The third kappa shape index (κ3) is 4.22. The molecule has 0 heterocycles. The average Bonchev–Trinajstić information content (AvgIpc) is 2.13. The van der Waals surface area contributed by atoms with Crippen LogP contribution in [0.3, 0.4) is 0 Å². The number of carbonyl (C=O) groups is 1. The minimum Gasteiger partial charge on any atom is -0.481 e. The molecule has 0 unspecified atom stereocenters. The van der Waals surface area contributed by atoms with Crippen LogP contribution in [0, 0.1) is 5.41 Å². The van der Waals surface area contributed by atoms with Crippen molar-refractivity contribution in [1.82, 2.24) is 4.72 Å². The minimum absolute atomic E-state index is 0.0165. The zero-order chi connectivity index (χ0) is 13.8. The van der Waals surface area contributed by atoms with E-state index in [0.29, 0.717) is 12.8 Å². The first kappa shape index (κ1) is 15.4. The van der Waals surface area contributed by atoms with Gasteiger partial charge in [-0.1, -0.05) is 6.42 Å². The highest BCUT2D eigenvalue weighted by molar-refractivity contribution is 7.89. The fraction of sp³-hybridized carbons (Fsp3) is 0.909. The van der Waals surface area contributed by atoms with Crippen LogP contribution >= 0.6 is 0 Å². The molecule has 1 rings (SSSR count). The molecule has 1 aliphatic rings. The number of carboxylic acids is 1. The molecule has 0 aromatic rings. The highest BCUT2D eigenvalue weighted by Gasteiger charge is 2.44. The van der Waals surface area contributed by atoms with Gasteiger partial charge in [-0.25, -0.2) is 13.1 Å². The lowest BCUT2D eigenvalue weighted by Crippen LogP contribution is -2.48. The van der Waals surface area contributed by atoms with Gasteiger partial charge in [0.1, 0.15) is 0 Å². The van der Waals surface area contributed by atoms with Crippen molar-refractivity contribution in [3.8, 4) is 0 Å². The number of rotatable bonds is 8. The molecular weight excluding hydrogens is 258 g/mol. The van der Waals surface area contributed by atoms with Gasteiger partial charge >= 0.3 is 5.97 Å². The summed E-state index contributed by atoms with van der Waals surface area (Å²) in [7, 11) is -3.46. The van der Waals surface area contributed by atoms with Crippen molar-refractivity contribution in [1.29, 1.82) is 0 Å². The smallest absolute Gasteiger partial charge is 0.310 e. The van der Waals surface area contributed by atoms with Crippen LogP contribution < -0.4 is 4.72 Å². The first-order chi connectivity index (χ1) is 8.27. The van der Waals surface area contributed by atoms with E-state index in [-0.39, 0.29) is 25.0 Å². The summed E-state index contributed by atoms with van der Waals surface area (Å²) in [6, 6.07) is 0. The Morgan fingerprint density at radius 2 is 2.06 bits per heavy atom. The van der Waals surface area contributed by atoms with E-state index >= 15 is 0 Å². The molecule has 7 heteroatoms. The molecule has 0 aromatic carbocycles. The summed E-state index contributed by atoms with van der Waals surface area (Å²) in [6.07, 6.45) is 1.89. The van der Waals surface area contributed by atoms with Gasteiger partial charge in [-0.3, -0.25) is 4.79 Å². The van der Waals surface area contributed by atoms with Gasteiger partial charge in [0, 0.05) is 6.54 Å². The van der Waals surface area contributed by atoms with Crippen LogP contribution in [0.2, 0.25) is 0 Å². The topological polar surface area (TPSA) is 92.7 Å². The molecule has 0 saturated heterocycles. The van der Waals surface area contributed by atoms with E-state index in [1.165, 1.54) is 0 Å². The van der Waals surface area contributed by atoms with Crippen molar-refractivity contribution in [2.45, 2.75) is 39.2 Å². The molecule has 0 spiro atoms. The van der Waals surface area contributed by atoms with Gasteiger partial charge in [0.2, 0.25) is 10.0 Å². The molecule has 0 radical (unpaired) electrons. The Bertz CT molecular complexity index is 386. The van der Waals surface area contributed by atoms with Crippen LogP contribution in [-0.4, -0.2) is 44.5 Å². The van der Waals surface area contributed by atoms with E-state index in [9.17, 15) is 13.2 Å². The SMILES string of the molecule is CC(C)OCCS(=O)(=O)NCC1(C(=O)O)CCC1. The number of ether oxygens (including phenoxy) is 1. The van der Waals surface area contributed by atoms with Crippen LogP contribution in [0.15, 0.2) is 0 Å². The fourth-order valence-corrected chi connectivity index (χ4v) is 2.74. The van der Waals surface area contributed by atoms with Crippen LogP contribution in [0.1, 0.15) is 33.1 Å². The summed E-state index contributed by atoms with van der Waals surface area (Å²) in [5.41, 5.74) is -0.897. The third-order valence-corrected chi connectivity index (χ3v) is 4.49. The lowest BCUT2D eigenvalue weighted by Gasteiger charge is -2.37. The first-order valence-corrected chi connectivity index (χ1v) is 7.75. The maximum atomic E-state index is 11.6. The molecule has 0 aromatic heterocycles. The quantitative estimate of drug-likeness (QED) is 0.678. The fourth-order valence-electron chi connectivity index (χ4n) is 1.78. The Morgan fingerprint density at radius 3 is 2.44 bits per heavy atom. The van der Waals surface area contributed by atoms with Crippen molar-refractivity contribution in [3.05, 3.63) is 0 Å². The zero-order valence-corrected chi connectivity index (χ0v) is 11.6. The van der Waals surface area contributed by atoms with Crippen molar-refractivity contribution in [3.63, 3.8) is 0 Å². The summed E-state index contributed by atoms with van der Waals surface area (Å²) in [6.45, 7) is 3.75. The predicted octanol–water partition coefficient (Wildman–Crippen LogP) is 0.586. The zero-order valence-electron chi connectivity index (χ0n) is 10.8. The van der Waals surface area contributed by atoms with Crippen molar-refractivity contribution < 1.29 is 23.1 Å². The maximum absolute atomic E-state index is 11.6. The lowest BCUT2D eigenvalue weighted by molar-refractivity contribution is -0.153. The van der Waals surface area contributed by atoms with Gasteiger partial charge in [0.05, 0.1) is 23.9 Å². The van der Waals surface area contributed by atoms with Gasteiger partial charge in [0.15, 0.2) is 0 Å². The molecule has 0 atom stereocenters. The van der Waals surface area contributed by atoms with E-state index in [1.54, 1.807) is 0 Å². The predicted molar refractivity (Wildman–Crippen MR) is 66.8 cm³/mol. The second-order valence-electron chi connectivity index (χ2n) is 5.00. The van der Waals surface area contributed by atoms with Crippen LogP contribution in [0.25, 0.3) is 0 Å². The van der Waals surface area contributed by atoms with E-state index in [1.807, 2.05) is 13.8 Å². The molecule has 106 valence electrons. The molecule has 6 nitrogen and oxygen atoms in total. The highest BCUT2D eigenvalue weighted by atomic mass is 32.2. The Morgan fingerprint density at radius 1 is 1.44 bits per heavy atom. The molecular formula is C11H21NO5S. The largest absolute Gasteiger partial charge is 0.481 e. The number of nitrogens with one attached hydrogen (secondary N) is 1. The Labute approximate surface area is 108 Å². The number of aliphatic carboxylic acids is 1. The van der Waals surface area contributed by atoms with Gasteiger partial charge in [0.25, 0.3) is 0 Å². The molecule has 1 aliphatic carbocycles. The lowest BCUT2D eigenvalue weighted by atomic mass is 9.69. The second-order valence-corrected chi connectivity index (χ2v) is 6.92. The van der Waals surface area contributed by atoms with Crippen molar-refractivity contribution in [2.24, 2.45) is 5.41 Å². The number of hydrogen-bond donors (Lipinski definition) is 2. The van der Waals surface area contributed by atoms with Crippen LogP contribution in [0.4, 0.5) is 0 Å². The number of hydrogen-bond acceptors (Lipinski definition) is 4. The third-order valence-electron chi connectivity index (χ3n) is 3.20. The number of carboxylic acid groups (broad SMARTS) is 1. The summed E-state index contributed by atoms with van der Waals surface area (Å²) < 4.78 is 30.8. The van der Waals surface area contributed by atoms with Crippen molar-refractivity contribution in [2.75, 3.05) is 18.9 Å². The van der Waals surface area contributed by atoms with E-state index in [4.69, 9.17) is 9.84 Å². The van der Waals surface area contributed by atoms with E-state index < -0.39 is 21.4 Å². The molecule has 0 aliphatic heterocycles. The molecule has 18 heavy (non-hydrogen) atoms. The summed E-state index contributed by atoms with van der Waals surface area (Å²) in [5.74, 6) is -1.06. The summed E-state index contributed by atoms with van der Waals surface area (Å²) in [4.78, 5) is 11.1. The van der Waals surface area contributed by atoms with Crippen LogP contribution in [0.5, 0.6) is 0 Å². The Balaban J connectivity index is 2.39. The highest BCUT2D eigenvalue weighted by Crippen LogP contribution is 2.40. The summed E-state index contributed by atoms with van der Waals surface area (Å²) >= 11 is 0. The Hall–Kier alpha value is -0.660. The van der Waals surface area contributed by atoms with E-state index in [0.717, 1.165) is 6.42 Å². The average molecular weight is 279 g/mol. The molecule has 0 bridgehead atoms. The molecule has 1 fully saturated rings. The van der Waals surface area contributed by atoms with E-state index in [2.05, 4.69) is 4.72 Å². The van der Waals surface area contributed by atoms with Gasteiger partial charge in [-0.2, -0.15) is 0 Å². The Kier molecular flexibility index (Phi) is 5.12.